The summed E-state index contributed by atoms with van der Waals surface area (Å²) in [6.45, 7) is 8.40. The minimum atomic E-state index is -0.491. The number of halogens is 1. The van der Waals surface area contributed by atoms with E-state index in [1.165, 1.54) is 38.5 Å². The summed E-state index contributed by atoms with van der Waals surface area (Å²) in [6, 6.07) is 1.84. The Bertz CT molecular complexity index is 910. The van der Waals surface area contributed by atoms with Crippen molar-refractivity contribution in [3.8, 4) is 0 Å². The van der Waals surface area contributed by atoms with E-state index in [1.807, 2.05) is 26.8 Å². The van der Waals surface area contributed by atoms with Crippen molar-refractivity contribution < 1.29 is 14.3 Å². The number of hydrogen-bond acceptors (Lipinski definition) is 5. The number of likely N-dealkylation sites (N-methyl/N-ethyl adjacent to an activating group) is 1. The van der Waals surface area contributed by atoms with Gasteiger partial charge in [0, 0.05) is 38.6 Å². The molecule has 8 heteroatoms. The Morgan fingerprint density at radius 1 is 1.14 bits per heavy atom. The van der Waals surface area contributed by atoms with Gasteiger partial charge in [-0.1, -0.05) is 11.6 Å². The summed E-state index contributed by atoms with van der Waals surface area (Å²) in [5.74, 6) is 2.53. The van der Waals surface area contributed by atoms with Crippen molar-refractivity contribution in [3.63, 3.8) is 0 Å². The fraction of sp³-hybridized carbons (Fsp3) is 0.750. The van der Waals surface area contributed by atoms with E-state index in [1.54, 1.807) is 18.1 Å². The molecule has 4 fully saturated rings. The predicted molar refractivity (Wildman–Crippen MR) is 142 cm³/mol. The summed E-state index contributed by atoms with van der Waals surface area (Å²) in [5.41, 5.74) is 1.20. The highest BCUT2D eigenvalue weighted by Gasteiger charge is 2.50. The molecule has 0 atom stereocenters. The van der Waals surface area contributed by atoms with Crippen LogP contribution in [0.1, 0.15) is 81.8 Å². The number of amides is 2. The van der Waals surface area contributed by atoms with Gasteiger partial charge in [-0.2, -0.15) is 0 Å². The van der Waals surface area contributed by atoms with Gasteiger partial charge < -0.3 is 20.3 Å². The molecule has 7 nitrogen and oxygen atoms in total. The molecule has 1 heterocycles. The van der Waals surface area contributed by atoms with Crippen molar-refractivity contribution in [3.05, 3.63) is 28.5 Å². The van der Waals surface area contributed by atoms with Crippen molar-refractivity contribution in [2.75, 3.05) is 33.2 Å². The lowest BCUT2D eigenvalue weighted by molar-refractivity contribution is -0.0503. The lowest BCUT2D eigenvalue weighted by atomic mass is 9.49. The molecule has 0 radical (unpaired) electrons. The molecule has 36 heavy (non-hydrogen) atoms. The standard InChI is InChI=1S/C28H43ClN4O3/c1-27(2,3)36-26(35)33(4)9-8-30-7-5-6-22-13-23(24(29)17-31-22)25(34)32-18-28-14-19-10-20(15-28)12-21(11-19)16-28/h13,17,19-21,30H,5-12,14-16,18H2,1-4H3,(H,32,34). The molecule has 1 aromatic heterocycles. The molecular weight excluding hydrogens is 476 g/mol. The molecule has 4 aliphatic carbocycles. The largest absolute Gasteiger partial charge is 0.444 e. The van der Waals surface area contributed by atoms with Gasteiger partial charge in [0.05, 0.1) is 10.6 Å². The fourth-order valence-electron chi connectivity index (χ4n) is 6.86. The molecule has 2 N–H and O–H groups in total. The average molecular weight is 519 g/mol. The third-order valence-electron chi connectivity index (χ3n) is 8.06. The second-order valence-corrected chi connectivity index (χ2v) is 12.9. The normalized spacial score (nSPS) is 26.6. The number of carbonyl (C=O) groups is 2. The number of aromatic nitrogens is 1. The maximum atomic E-state index is 13.1. The van der Waals surface area contributed by atoms with Gasteiger partial charge in [-0.3, -0.25) is 9.78 Å². The topological polar surface area (TPSA) is 83.6 Å². The van der Waals surface area contributed by atoms with Crippen molar-refractivity contribution in [2.45, 2.75) is 77.7 Å². The van der Waals surface area contributed by atoms with E-state index in [9.17, 15) is 9.59 Å². The first-order valence-corrected chi connectivity index (χ1v) is 14.0. The molecule has 0 spiro atoms. The van der Waals surface area contributed by atoms with Crippen molar-refractivity contribution in [1.29, 1.82) is 0 Å². The number of carbonyl (C=O) groups excluding carboxylic acids is 2. The number of ether oxygens (including phenoxy) is 1. The Morgan fingerprint density at radius 2 is 1.78 bits per heavy atom. The van der Waals surface area contributed by atoms with Gasteiger partial charge in [0.15, 0.2) is 0 Å². The molecule has 5 rings (SSSR count). The average Bonchev–Trinajstić information content (AvgIpc) is 2.78. The molecule has 0 saturated heterocycles. The summed E-state index contributed by atoms with van der Waals surface area (Å²) < 4.78 is 5.36. The zero-order chi connectivity index (χ0) is 25.9. The molecular formula is C28H43ClN4O3. The fourth-order valence-corrected chi connectivity index (χ4v) is 7.05. The summed E-state index contributed by atoms with van der Waals surface area (Å²) >= 11 is 6.37. The van der Waals surface area contributed by atoms with Gasteiger partial charge in [-0.05, 0) is 108 Å². The lowest BCUT2D eigenvalue weighted by Crippen LogP contribution is -2.51. The second-order valence-electron chi connectivity index (χ2n) is 12.5. The van der Waals surface area contributed by atoms with E-state index >= 15 is 0 Å². The summed E-state index contributed by atoms with van der Waals surface area (Å²) in [4.78, 5) is 31.1. The van der Waals surface area contributed by atoms with Crippen LogP contribution in [0.4, 0.5) is 4.79 Å². The molecule has 2 amide bonds. The smallest absolute Gasteiger partial charge is 0.410 e. The SMILES string of the molecule is CN(CCNCCCc1cc(C(=O)NCC23CC4CC(CC(C4)C2)C3)c(Cl)cn1)C(=O)OC(C)(C)C. The van der Waals surface area contributed by atoms with E-state index in [2.05, 4.69) is 15.6 Å². The minimum absolute atomic E-state index is 0.0808. The first-order valence-electron chi connectivity index (χ1n) is 13.6. The van der Waals surface area contributed by atoms with Gasteiger partial charge in [-0.15, -0.1) is 0 Å². The highest BCUT2D eigenvalue weighted by atomic mass is 35.5. The Kier molecular flexibility index (Phi) is 8.50. The second kappa shape index (κ2) is 11.3. The van der Waals surface area contributed by atoms with Crippen molar-refractivity contribution in [1.82, 2.24) is 20.5 Å². The van der Waals surface area contributed by atoms with E-state index in [0.29, 0.717) is 29.1 Å². The van der Waals surface area contributed by atoms with Crippen LogP contribution in [0, 0.1) is 23.2 Å². The highest BCUT2D eigenvalue weighted by Crippen LogP contribution is 2.59. The number of hydrogen-bond donors (Lipinski definition) is 2. The van der Waals surface area contributed by atoms with Crippen LogP contribution < -0.4 is 10.6 Å². The molecule has 0 aromatic carbocycles. The van der Waals surface area contributed by atoms with Crippen LogP contribution in [-0.2, 0) is 11.2 Å². The minimum Gasteiger partial charge on any atom is -0.444 e. The van der Waals surface area contributed by atoms with Gasteiger partial charge >= 0.3 is 6.09 Å². The van der Waals surface area contributed by atoms with Crippen LogP contribution in [0.3, 0.4) is 0 Å². The number of aryl methyl sites for hydroxylation is 1. The number of nitrogens with zero attached hydrogens (tertiary/aromatic N) is 2. The number of nitrogens with one attached hydrogen (secondary N) is 2. The Hall–Kier alpha value is -1.86. The van der Waals surface area contributed by atoms with E-state index < -0.39 is 5.60 Å². The molecule has 4 saturated carbocycles. The Morgan fingerprint density at radius 3 is 2.39 bits per heavy atom. The van der Waals surface area contributed by atoms with Gasteiger partial charge in [0.1, 0.15) is 5.60 Å². The predicted octanol–water partition coefficient (Wildman–Crippen LogP) is 5.07. The van der Waals surface area contributed by atoms with Crippen LogP contribution in [0.5, 0.6) is 0 Å². The molecule has 4 bridgehead atoms. The zero-order valence-corrected chi connectivity index (χ0v) is 23.1. The molecule has 4 aliphatic rings. The van der Waals surface area contributed by atoms with Gasteiger partial charge in [-0.25, -0.2) is 4.79 Å². The lowest BCUT2D eigenvalue weighted by Gasteiger charge is -2.56. The van der Waals surface area contributed by atoms with Gasteiger partial charge in [0.25, 0.3) is 5.91 Å². The molecule has 0 unspecified atom stereocenters. The Labute approximate surface area is 221 Å². The third-order valence-corrected chi connectivity index (χ3v) is 8.36. The van der Waals surface area contributed by atoms with Crippen LogP contribution >= 0.6 is 11.6 Å². The first kappa shape index (κ1) is 27.2. The first-order chi connectivity index (χ1) is 17.0. The third kappa shape index (κ3) is 7.12. The molecule has 200 valence electrons. The van der Waals surface area contributed by atoms with Crippen LogP contribution in [0.15, 0.2) is 12.3 Å². The molecule has 0 aliphatic heterocycles. The van der Waals surface area contributed by atoms with E-state index in [-0.39, 0.29) is 12.0 Å². The van der Waals surface area contributed by atoms with Crippen LogP contribution in [-0.4, -0.2) is 60.7 Å². The summed E-state index contributed by atoms with van der Waals surface area (Å²) in [5, 5.41) is 7.00. The highest BCUT2D eigenvalue weighted by molar-refractivity contribution is 6.33. The van der Waals surface area contributed by atoms with E-state index in [4.69, 9.17) is 16.3 Å². The van der Waals surface area contributed by atoms with Gasteiger partial charge in [0.2, 0.25) is 0 Å². The number of rotatable bonds is 10. The van der Waals surface area contributed by atoms with Crippen molar-refractivity contribution in [2.24, 2.45) is 23.2 Å². The quantitative estimate of drug-likeness (QED) is 0.422. The maximum absolute atomic E-state index is 13.1. The maximum Gasteiger partial charge on any atom is 0.410 e. The van der Waals surface area contributed by atoms with E-state index in [0.717, 1.165) is 49.4 Å². The van der Waals surface area contributed by atoms with Crippen molar-refractivity contribution >= 4 is 23.6 Å². The van der Waals surface area contributed by atoms with Crippen LogP contribution in [0.25, 0.3) is 0 Å². The van der Waals surface area contributed by atoms with Crippen LogP contribution in [0.2, 0.25) is 5.02 Å². The Balaban J connectivity index is 1.19. The molecule has 1 aromatic rings. The number of pyridine rings is 1. The zero-order valence-electron chi connectivity index (χ0n) is 22.4. The monoisotopic (exact) mass is 518 g/mol. The summed E-state index contributed by atoms with van der Waals surface area (Å²) in [6.07, 6.45) is 10.9. The summed E-state index contributed by atoms with van der Waals surface area (Å²) in [7, 11) is 1.74.